The minimum absolute atomic E-state index is 0.0286. The van der Waals surface area contributed by atoms with Gasteiger partial charge in [0.15, 0.2) is 0 Å². The highest BCUT2D eigenvalue weighted by Gasteiger charge is 2.33. The monoisotopic (exact) mass is 330 g/mol. The van der Waals surface area contributed by atoms with Gasteiger partial charge in [-0.1, -0.05) is 12.1 Å². The van der Waals surface area contributed by atoms with E-state index in [1.807, 2.05) is 41.3 Å². The van der Waals surface area contributed by atoms with Crippen molar-refractivity contribution < 1.29 is 14.0 Å². The third-order valence-electron chi connectivity index (χ3n) is 3.72. The van der Waals surface area contributed by atoms with Gasteiger partial charge in [-0.15, -0.1) is 11.8 Å². The molecule has 0 aliphatic carbocycles. The highest BCUT2D eigenvalue weighted by Crippen LogP contribution is 2.39. The van der Waals surface area contributed by atoms with Crippen molar-refractivity contribution >= 4 is 23.6 Å². The summed E-state index contributed by atoms with van der Waals surface area (Å²) in [6.45, 7) is 0.460. The summed E-state index contributed by atoms with van der Waals surface area (Å²) in [5.41, 5.74) is 1.66. The van der Waals surface area contributed by atoms with E-state index in [9.17, 15) is 9.59 Å². The van der Waals surface area contributed by atoms with Gasteiger partial charge in [0, 0.05) is 19.7 Å². The van der Waals surface area contributed by atoms with Crippen LogP contribution in [0, 0.1) is 0 Å². The Hall–Kier alpha value is -2.21. The van der Waals surface area contributed by atoms with Crippen LogP contribution in [-0.2, 0) is 11.3 Å². The minimum atomic E-state index is -0.0453. The molecule has 1 aliphatic rings. The molecule has 1 aromatic carbocycles. The van der Waals surface area contributed by atoms with Gasteiger partial charge in [0.25, 0.3) is 5.91 Å². The van der Waals surface area contributed by atoms with Crippen LogP contribution < -0.4 is 0 Å². The van der Waals surface area contributed by atoms with Crippen molar-refractivity contribution in [3.63, 3.8) is 0 Å². The first-order chi connectivity index (χ1) is 11.1. The highest BCUT2D eigenvalue weighted by atomic mass is 32.2. The van der Waals surface area contributed by atoms with Crippen LogP contribution in [-0.4, -0.2) is 41.5 Å². The van der Waals surface area contributed by atoms with E-state index in [-0.39, 0.29) is 17.2 Å². The van der Waals surface area contributed by atoms with Gasteiger partial charge in [0.1, 0.15) is 11.1 Å². The summed E-state index contributed by atoms with van der Waals surface area (Å²) in [7, 11) is 3.46. The van der Waals surface area contributed by atoms with Crippen molar-refractivity contribution in [3.05, 3.63) is 59.5 Å². The summed E-state index contributed by atoms with van der Waals surface area (Å²) in [5, 5.41) is -0.0453. The lowest BCUT2D eigenvalue weighted by atomic mass is 10.1. The van der Waals surface area contributed by atoms with E-state index < -0.39 is 0 Å². The molecule has 0 bridgehead atoms. The molecule has 2 aromatic rings. The number of rotatable bonds is 4. The van der Waals surface area contributed by atoms with Gasteiger partial charge in [-0.05, 0) is 29.8 Å². The lowest BCUT2D eigenvalue weighted by Crippen LogP contribution is -2.27. The third-order valence-corrected chi connectivity index (χ3v) is 4.98. The Morgan fingerprint density at radius 2 is 2.04 bits per heavy atom. The normalized spacial score (nSPS) is 17.6. The van der Waals surface area contributed by atoms with E-state index >= 15 is 0 Å². The molecule has 3 rings (SSSR count). The first kappa shape index (κ1) is 15.7. The second-order valence-electron chi connectivity index (χ2n) is 5.59. The molecule has 6 heteroatoms. The largest absolute Gasteiger partial charge is 0.467 e. The van der Waals surface area contributed by atoms with Crippen molar-refractivity contribution in [2.24, 2.45) is 0 Å². The average Bonchev–Trinajstić information content (AvgIpc) is 3.18. The second kappa shape index (κ2) is 6.50. The number of nitrogens with zero attached hydrogens (tertiary/aromatic N) is 2. The first-order valence-electron chi connectivity index (χ1n) is 7.31. The van der Waals surface area contributed by atoms with Gasteiger partial charge in [-0.25, -0.2) is 0 Å². The number of amides is 2. The molecule has 1 fully saturated rings. The van der Waals surface area contributed by atoms with Crippen molar-refractivity contribution in [2.75, 3.05) is 19.8 Å². The molecule has 0 unspecified atom stereocenters. The van der Waals surface area contributed by atoms with Crippen LogP contribution in [0.3, 0.4) is 0 Å². The summed E-state index contributed by atoms with van der Waals surface area (Å²) in [4.78, 5) is 27.5. The molecule has 5 nitrogen and oxygen atoms in total. The highest BCUT2D eigenvalue weighted by molar-refractivity contribution is 8.00. The molecule has 0 spiro atoms. The topological polar surface area (TPSA) is 53.8 Å². The maximum absolute atomic E-state index is 12.2. The summed E-state index contributed by atoms with van der Waals surface area (Å²) in [5.74, 6) is 1.30. The number of benzene rings is 1. The summed E-state index contributed by atoms with van der Waals surface area (Å²) >= 11 is 1.59. The Bertz CT molecular complexity index is 695. The molecule has 0 N–H and O–H groups in total. The fraction of sp³-hybridized carbons (Fsp3) is 0.294. The van der Waals surface area contributed by atoms with E-state index in [1.54, 1.807) is 37.0 Å². The zero-order valence-corrected chi connectivity index (χ0v) is 13.9. The van der Waals surface area contributed by atoms with Crippen molar-refractivity contribution in [1.29, 1.82) is 0 Å². The van der Waals surface area contributed by atoms with Crippen molar-refractivity contribution in [3.8, 4) is 0 Å². The standard InChI is InChI=1S/C17H18N2O3S/c1-18(2)16(21)12-5-7-13(8-6-12)17-19(15(20)11-23-17)10-14-4-3-9-22-14/h3-9,17H,10-11H2,1-2H3/t17-/m0/s1. The zero-order chi connectivity index (χ0) is 16.4. The molecule has 23 heavy (non-hydrogen) atoms. The summed E-state index contributed by atoms with van der Waals surface area (Å²) in [6, 6.07) is 11.1. The SMILES string of the molecule is CN(C)C(=O)c1ccc([C@@H]2SCC(=O)N2Cc2ccco2)cc1. The van der Waals surface area contributed by atoms with Gasteiger partial charge in [0.05, 0.1) is 18.6 Å². The van der Waals surface area contributed by atoms with Crippen LogP contribution in [0.25, 0.3) is 0 Å². The molecular weight excluding hydrogens is 312 g/mol. The Labute approximate surface area is 139 Å². The number of hydrogen-bond donors (Lipinski definition) is 0. The van der Waals surface area contributed by atoms with Crippen molar-refractivity contribution in [2.45, 2.75) is 11.9 Å². The molecular formula is C17H18N2O3S. The molecule has 2 amide bonds. The zero-order valence-electron chi connectivity index (χ0n) is 13.1. The van der Waals surface area contributed by atoms with Gasteiger partial charge in [-0.3, -0.25) is 9.59 Å². The van der Waals surface area contributed by atoms with Gasteiger partial charge in [0.2, 0.25) is 5.91 Å². The van der Waals surface area contributed by atoms with Gasteiger partial charge < -0.3 is 14.2 Å². The smallest absolute Gasteiger partial charge is 0.253 e. The first-order valence-corrected chi connectivity index (χ1v) is 8.36. The predicted molar refractivity (Wildman–Crippen MR) is 88.9 cm³/mol. The fourth-order valence-corrected chi connectivity index (χ4v) is 3.71. The number of hydrogen-bond acceptors (Lipinski definition) is 4. The van der Waals surface area contributed by atoms with Crippen LogP contribution in [0.5, 0.6) is 0 Å². The number of carbonyl (C=O) groups is 2. The van der Waals surface area contributed by atoms with E-state index in [0.717, 1.165) is 11.3 Å². The lowest BCUT2D eigenvalue weighted by Gasteiger charge is -2.23. The van der Waals surface area contributed by atoms with Crippen LogP contribution in [0.4, 0.5) is 0 Å². The maximum atomic E-state index is 12.2. The van der Waals surface area contributed by atoms with Crippen LogP contribution in [0.2, 0.25) is 0 Å². The Kier molecular flexibility index (Phi) is 4.43. The molecule has 0 saturated carbocycles. The number of carbonyl (C=O) groups excluding carboxylic acids is 2. The van der Waals surface area contributed by atoms with E-state index in [0.29, 0.717) is 17.9 Å². The molecule has 1 aliphatic heterocycles. The van der Waals surface area contributed by atoms with Gasteiger partial charge in [-0.2, -0.15) is 0 Å². The molecule has 0 radical (unpaired) electrons. The Balaban J connectivity index is 1.79. The van der Waals surface area contributed by atoms with E-state index in [2.05, 4.69) is 0 Å². The van der Waals surface area contributed by atoms with Crippen LogP contribution in [0.15, 0.2) is 47.1 Å². The van der Waals surface area contributed by atoms with Crippen molar-refractivity contribution in [1.82, 2.24) is 9.80 Å². The van der Waals surface area contributed by atoms with E-state index in [4.69, 9.17) is 4.42 Å². The minimum Gasteiger partial charge on any atom is -0.467 e. The Morgan fingerprint density at radius 1 is 1.30 bits per heavy atom. The van der Waals surface area contributed by atoms with E-state index in [1.165, 1.54) is 0 Å². The number of thioether (sulfide) groups is 1. The molecule has 1 atom stereocenters. The predicted octanol–water partition coefficient (Wildman–Crippen LogP) is 2.76. The molecule has 1 aromatic heterocycles. The number of furan rings is 1. The van der Waals surface area contributed by atoms with Gasteiger partial charge >= 0.3 is 0 Å². The molecule has 2 heterocycles. The second-order valence-corrected chi connectivity index (χ2v) is 6.65. The summed E-state index contributed by atoms with van der Waals surface area (Å²) in [6.07, 6.45) is 1.61. The van der Waals surface area contributed by atoms with Crippen LogP contribution in [0.1, 0.15) is 27.1 Å². The maximum Gasteiger partial charge on any atom is 0.253 e. The fourth-order valence-electron chi connectivity index (χ4n) is 2.52. The average molecular weight is 330 g/mol. The molecule has 1 saturated heterocycles. The quantitative estimate of drug-likeness (QED) is 0.865. The summed E-state index contributed by atoms with van der Waals surface area (Å²) < 4.78 is 5.35. The molecule has 120 valence electrons. The van der Waals surface area contributed by atoms with Crippen LogP contribution >= 0.6 is 11.8 Å². The lowest BCUT2D eigenvalue weighted by molar-refractivity contribution is -0.128. The Morgan fingerprint density at radius 3 is 2.65 bits per heavy atom. The third kappa shape index (κ3) is 3.27.